The third kappa shape index (κ3) is 5.82. The Morgan fingerprint density at radius 3 is 3.00 bits per heavy atom. The Kier molecular flexibility index (Phi) is 7.33. The number of rotatable bonds is 10. The fourth-order valence-corrected chi connectivity index (χ4v) is 3.29. The highest BCUT2D eigenvalue weighted by atomic mass is 32.2. The van der Waals surface area contributed by atoms with E-state index in [4.69, 9.17) is 4.74 Å². The van der Waals surface area contributed by atoms with Crippen molar-refractivity contribution in [1.29, 1.82) is 0 Å². The summed E-state index contributed by atoms with van der Waals surface area (Å²) in [5.41, 5.74) is 2.31. The van der Waals surface area contributed by atoms with Crippen LogP contribution in [-0.4, -0.2) is 35.5 Å². The Hall–Kier alpha value is -1.62. The first-order chi connectivity index (χ1) is 11.2. The maximum atomic E-state index is 11.0. The zero-order chi connectivity index (χ0) is 16.5. The summed E-state index contributed by atoms with van der Waals surface area (Å²) < 4.78 is 5.86. The summed E-state index contributed by atoms with van der Waals surface area (Å²) in [6, 6.07) is 6.15. The molecular weight excluding hydrogens is 308 g/mol. The first-order valence-corrected chi connectivity index (χ1v) is 9.41. The molecule has 0 aliphatic rings. The molecule has 2 rings (SSSR count). The van der Waals surface area contributed by atoms with E-state index in [0.717, 1.165) is 30.0 Å². The molecule has 1 aromatic carbocycles. The zero-order valence-electron chi connectivity index (χ0n) is 14.0. The van der Waals surface area contributed by atoms with E-state index in [1.165, 1.54) is 29.5 Å². The molecule has 0 aliphatic carbocycles. The van der Waals surface area contributed by atoms with Gasteiger partial charge in [-0.05, 0) is 42.4 Å². The quantitative estimate of drug-likeness (QED) is 0.651. The van der Waals surface area contributed by atoms with Gasteiger partial charge in [-0.2, -0.15) is 11.8 Å². The van der Waals surface area contributed by atoms with Crippen molar-refractivity contribution >= 4 is 28.6 Å². The Labute approximate surface area is 142 Å². The fourth-order valence-electron chi connectivity index (χ4n) is 2.39. The van der Waals surface area contributed by atoms with Gasteiger partial charge in [-0.25, -0.2) is 0 Å². The van der Waals surface area contributed by atoms with Crippen LogP contribution >= 0.6 is 11.8 Å². The van der Waals surface area contributed by atoms with Crippen LogP contribution in [0.2, 0.25) is 0 Å². The van der Waals surface area contributed by atoms with E-state index in [0.29, 0.717) is 6.54 Å². The van der Waals surface area contributed by atoms with Gasteiger partial charge in [-0.1, -0.05) is 13.3 Å². The van der Waals surface area contributed by atoms with Gasteiger partial charge >= 0.3 is 0 Å². The average molecular weight is 334 g/mol. The maximum Gasteiger partial charge on any atom is 0.216 e. The minimum Gasteiger partial charge on any atom is -0.493 e. The van der Waals surface area contributed by atoms with E-state index in [9.17, 15) is 4.79 Å². The minimum atomic E-state index is 0.00874. The summed E-state index contributed by atoms with van der Waals surface area (Å²) in [5.74, 6) is 3.16. The molecule has 0 saturated carbocycles. The number of ether oxygens (including phenoxy) is 1. The number of H-pyrrole nitrogens is 1. The number of carbonyl (C=O) groups is 1. The number of hydrogen-bond donors (Lipinski definition) is 2. The molecule has 0 bridgehead atoms. The molecule has 1 heterocycles. The number of hydrogen-bond acceptors (Lipinski definition) is 3. The van der Waals surface area contributed by atoms with Crippen LogP contribution in [0.15, 0.2) is 24.4 Å². The molecule has 5 heteroatoms. The summed E-state index contributed by atoms with van der Waals surface area (Å²) in [6.07, 6.45) is 5.35. The number of aromatic nitrogens is 1. The number of benzene rings is 1. The van der Waals surface area contributed by atoms with Crippen molar-refractivity contribution < 1.29 is 9.53 Å². The van der Waals surface area contributed by atoms with Gasteiger partial charge in [-0.15, -0.1) is 0 Å². The Balaban J connectivity index is 1.88. The van der Waals surface area contributed by atoms with Gasteiger partial charge in [-0.3, -0.25) is 4.79 Å². The zero-order valence-corrected chi connectivity index (χ0v) is 14.8. The molecule has 0 unspecified atom stereocenters. The van der Waals surface area contributed by atoms with Gasteiger partial charge in [0.2, 0.25) is 5.91 Å². The lowest BCUT2D eigenvalue weighted by atomic mass is 10.1. The Morgan fingerprint density at radius 1 is 1.35 bits per heavy atom. The number of nitrogens with one attached hydrogen (secondary N) is 2. The summed E-state index contributed by atoms with van der Waals surface area (Å²) in [5, 5.41) is 4.01. The van der Waals surface area contributed by atoms with E-state index in [2.05, 4.69) is 29.4 Å². The third-order valence-electron chi connectivity index (χ3n) is 3.65. The van der Waals surface area contributed by atoms with Crippen molar-refractivity contribution in [2.24, 2.45) is 0 Å². The highest BCUT2D eigenvalue weighted by Gasteiger charge is 2.06. The molecule has 0 radical (unpaired) electrons. The monoisotopic (exact) mass is 334 g/mol. The first kappa shape index (κ1) is 17.7. The molecule has 0 spiro atoms. The van der Waals surface area contributed by atoms with Gasteiger partial charge in [0.15, 0.2) is 0 Å². The molecule has 0 fully saturated rings. The van der Waals surface area contributed by atoms with E-state index in [1.807, 2.05) is 24.0 Å². The van der Waals surface area contributed by atoms with Gasteiger partial charge in [0, 0.05) is 36.3 Å². The summed E-state index contributed by atoms with van der Waals surface area (Å²) in [4.78, 5) is 14.2. The molecule has 0 saturated heterocycles. The van der Waals surface area contributed by atoms with Crippen LogP contribution in [0, 0.1) is 0 Å². The number of unbranched alkanes of at least 4 members (excludes halogenated alkanes) is 1. The van der Waals surface area contributed by atoms with Crippen molar-refractivity contribution in [3.63, 3.8) is 0 Å². The van der Waals surface area contributed by atoms with Gasteiger partial charge in [0.05, 0.1) is 6.61 Å². The highest BCUT2D eigenvalue weighted by molar-refractivity contribution is 7.99. The van der Waals surface area contributed by atoms with Crippen molar-refractivity contribution in [1.82, 2.24) is 10.3 Å². The molecule has 2 aromatic rings. The summed E-state index contributed by atoms with van der Waals surface area (Å²) >= 11 is 1.95. The van der Waals surface area contributed by atoms with E-state index < -0.39 is 0 Å². The lowest BCUT2D eigenvalue weighted by Crippen LogP contribution is -2.22. The molecular formula is C18H26N2O2S. The topological polar surface area (TPSA) is 54.1 Å². The van der Waals surface area contributed by atoms with E-state index in [-0.39, 0.29) is 5.91 Å². The second kappa shape index (κ2) is 9.50. The third-order valence-corrected chi connectivity index (χ3v) is 4.68. The Morgan fingerprint density at radius 2 is 2.22 bits per heavy atom. The van der Waals surface area contributed by atoms with Crippen LogP contribution in [0.1, 0.15) is 32.3 Å². The maximum absolute atomic E-state index is 11.0. The smallest absolute Gasteiger partial charge is 0.216 e. The predicted octanol–water partition coefficient (Wildman–Crippen LogP) is 3.76. The standard InChI is InChI=1S/C18H26N2O2S/c1-3-4-10-23-11-9-22-16-5-6-18-17(12-16)15(13-20-18)7-8-19-14(2)21/h5-6,12-13,20H,3-4,7-11H2,1-2H3,(H,19,21). The molecule has 0 atom stereocenters. The second-order valence-electron chi connectivity index (χ2n) is 5.57. The Bertz CT molecular complexity index is 625. The number of fused-ring (bicyclic) bond motifs is 1. The number of aromatic amines is 1. The van der Waals surface area contributed by atoms with Crippen molar-refractivity contribution in [2.75, 3.05) is 24.7 Å². The van der Waals surface area contributed by atoms with Gasteiger partial charge in [0.1, 0.15) is 5.75 Å². The highest BCUT2D eigenvalue weighted by Crippen LogP contribution is 2.24. The van der Waals surface area contributed by atoms with Crippen LogP contribution in [0.4, 0.5) is 0 Å². The average Bonchev–Trinajstić information content (AvgIpc) is 2.93. The predicted molar refractivity (Wildman–Crippen MR) is 98.4 cm³/mol. The molecule has 23 heavy (non-hydrogen) atoms. The van der Waals surface area contributed by atoms with Crippen LogP contribution in [0.25, 0.3) is 10.9 Å². The number of amides is 1. The second-order valence-corrected chi connectivity index (χ2v) is 6.79. The molecule has 4 nitrogen and oxygen atoms in total. The lowest BCUT2D eigenvalue weighted by molar-refractivity contribution is -0.118. The fraction of sp³-hybridized carbons (Fsp3) is 0.500. The normalized spacial score (nSPS) is 10.9. The van der Waals surface area contributed by atoms with Crippen LogP contribution in [0.3, 0.4) is 0 Å². The lowest BCUT2D eigenvalue weighted by Gasteiger charge is -2.07. The van der Waals surface area contributed by atoms with Crippen LogP contribution in [-0.2, 0) is 11.2 Å². The number of thioether (sulfide) groups is 1. The molecule has 1 amide bonds. The van der Waals surface area contributed by atoms with E-state index >= 15 is 0 Å². The van der Waals surface area contributed by atoms with Crippen LogP contribution in [0.5, 0.6) is 5.75 Å². The van der Waals surface area contributed by atoms with E-state index in [1.54, 1.807) is 6.92 Å². The van der Waals surface area contributed by atoms with Gasteiger partial charge in [0.25, 0.3) is 0 Å². The largest absolute Gasteiger partial charge is 0.493 e. The first-order valence-electron chi connectivity index (χ1n) is 8.25. The molecule has 2 N–H and O–H groups in total. The minimum absolute atomic E-state index is 0.00874. The molecule has 126 valence electrons. The van der Waals surface area contributed by atoms with Crippen molar-refractivity contribution in [2.45, 2.75) is 33.1 Å². The van der Waals surface area contributed by atoms with Crippen molar-refractivity contribution in [3.05, 3.63) is 30.0 Å². The van der Waals surface area contributed by atoms with Gasteiger partial charge < -0.3 is 15.0 Å². The van der Waals surface area contributed by atoms with Crippen molar-refractivity contribution in [3.8, 4) is 5.75 Å². The number of carbonyl (C=O) groups excluding carboxylic acids is 1. The molecule has 0 aliphatic heterocycles. The molecule has 1 aromatic heterocycles. The summed E-state index contributed by atoms with van der Waals surface area (Å²) in [6.45, 7) is 5.15. The SMILES string of the molecule is CCCCSCCOc1ccc2[nH]cc(CCNC(C)=O)c2c1. The summed E-state index contributed by atoms with van der Waals surface area (Å²) in [7, 11) is 0. The van der Waals surface area contributed by atoms with Crippen LogP contribution < -0.4 is 10.1 Å².